The summed E-state index contributed by atoms with van der Waals surface area (Å²) in [6.45, 7) is 14.6. The van der Waals surface area contributed by atoms with Gasteiger partial charge in [-0.05, 0) is 19.4 Å². The van der Waals surface area contributed by atoms with E-state index >= 15 is 0 Å². The molecule has 1 aromatic rings. The van der Waals surface area contributed by atoms with Crippen molar-refractivity contribution in [3.8, 4) is 0 Å². The smallest absolute Gasteiger partial charge is 0.144 e. The molecule has 0 radical (unpaired) electrons. The molecule has 1 aliphatic heterocycles. The van der Waals surface area contributed by atoms with Crippen molar-refractivity contribution in [3.05, 3.63) is 18.1 Å². The Morgan fingerprint density at radius 1 is 1.20 bits per heavy atom. The minimum Gasteiger partial charge on any atom is -0.368 e. The van der Waals surface area contributed by atoms with Gasteiger partial charge >= 0.3 is 0 Å². The minimum atomic E-state index is 0.616. The first-order valence-corrected chi connectivity index (χ1v) is 7.64. The van der Waals surface area contributed by atoms with Crippen LogP contribution >= 0.6 is 0 Å². The average molecular weight is 277 g/mol. The molecule has 0 bridgehead atoms. The number of likely N-dealkylation sites (N-methyl/N-ethyl adjacent to an activating group) is 1. The van der Waals surface area contributed by atoms with Crippen molar-refractivity contribution >= 4 is 5.82 Å². The van der Waals surface area contributed by atoms with Crippen LogP contribution in [0.4, 0.5) is 5.82 Å². The molecular formula is C15H27N5. The number of nitrogens with one attached hydrogen (secondary N) is 1. The Kier molecular flexibility index (Phi) is 5.73. The topological polar surface area (TPSA) is 44.3 Å². The van der Waals surface area contributed by atoms with Crippen molar-refractivity contribution in [2.75, 3.05) is 51.1 Å². The van der Waals surface area contributed by atoms with Crippen molar-refractivity contribution < 1.29 is 0 Å². The van der Waals surface area contributed by atoms with E-state index in [4.69, 9.17) is 0 Å². The maximum absolute atomic E-state index is 4.42. The van der Waals surface area contributed by atoms with Gasteiger partial charge in [-0.3, -0.25) is 4.98 Å². The van der Waals surface area contributed by atoms with Gasteiger partial charge in [0.2, 0.25) is 0 Å². The summed E-state index contributed by atoms with van der Waals surface area (Å²) >= 11 is 0. The van der Waals surface area contributed by atoms with Crippen LogP contribution in [-0.4, -0.2) is 65.6 Å². The van der Waals surface area contributed by atoms with Gasteiger partial charge in [0.05, 0.1) is 11.9 Å². The van der Waals surface area contributed by atoms with E-state index in [1.807, 2.05) is 6.92 Å². The Morgan fingerprint density at radius 3 is 2.55 bits per heavy atom. The van der Waals surface area contributed by atoms with E-state index in [1.54, 1.807) is 12.4 Å². The third-order valence-electron chi connectivity index (χ3n) is 3.87. The van der Waals surface area contributed by atoms with E-state index < -0.39 is 0 Å². The summed E-state index contributed by atoms with van der Waals surface area (Å²) in [6, 6.07) is 0. The molecule has 0 aromatic carbocycles. The summed E-state index contributed by atoms with van der Waals surface area (Å²) in [5, 5.41) is 3.38. The first-order valence-electron chi connectivity index (χ1n) is 7.64. The molecule has 2 heterocycles. The van der Waals surface area contributed by atoms with Crippen LogP contribution in [0.5, 0.6) is 0 Å². The quantitative estimate of drug-likeness (QED) is 0.853. The second-order valence-electron chi connectivity index (χ2n) is 5.77. The molecule has 5 heteroatoms. The monoisotopic (exact) mass is 277 g/mol. The summed E-state index contributed by atoms with van der Waals surface area (Å²) in [6.07, 6.45) is 3.57. The number of aryl methyl sites for hydroxylation is 1. The van der Waals surface area contributed by atoms with E-state index in [9.17, 15) is 0 Å². The molecule has 0 amide bonds. The first-order chi connectivity index (χ1) is 9.67. The summed E-state index contributed by atoms with van der Waals surface area (Å²) in [4.78, 5) is 13.7. The zero-order valence-corrected chi connectivity index (χ0v) is 13.0. The van der Waals surface area contributed by atoms with Crippen LogP contribution in [0.15, 0.2) is 12.4 Å². The second kappa shape index (κ2) is 7.55. The summed E-state index contributed by atoms with van der Waals surface area (Å²) in [5.74, 6) is 1.50. The molecule has 1 aromatic heterocycles. The van der Waals surface area contributed by atoms with Gasteiger partial charge in [-0.25, -0.2) is 4.98 Å². The maximum atomic E-state index is 4.42. The van der Waals surface area contributed by atoms with E-state index in [2.05, 4.69) is 38.9 Å². The third-order valence-corrected chi connectivity index (χ3v) is 3.87. The van der Waals surface area contributed by atoms with Crippen LogP contribution in [0.25, 0.3) is 0 Å². The predicted octanol–water partition coefficient (Wildman–Crippen LogP) is 1.47. The van der Waals surface area contributed by atoms with Gasteiger partial charge in [-0.15, -0.1) is 0 Å². The minimum absolute atomic E-state index is 0.616. The van der Waals surface area contributed by atoms with Crippen molar-refractivity contribution in [1.82, 2.24) is 19.8 Å². The van der Waals surface area contributed by atoms with E-state index in [0.29, 0.717) is 5.92 Å². The highest BCUT2D eigenvalue weighted by molar-refractivity contribution is 5.31. The molecule has 1 N–H and O–H groups in total. The Labute approximate surface area is 122 Å². The molecule has 0 saturated carbocycles. The number of rotatable bonds is 6. The fourth-order valence-corrected chi connectivity index (χ4v) is 2.62. The van der Waals surface area contributed by atoms with Gasteiger partial charge in [-0.2, -0.15) is 0 Å². The molecule has 1 saturated heterocycles. The zero-order chi connectivity index (χ0) is 14.4. The Balaban J connectivity index is 1.69. The lowest BCUT2D eigenvalue weighted by Crippen LogP contribution is -2.47. The Morgan fingerprint density at radius 2 is 1.90 bits per heavy atom. The SMILES string of the molecule is CCN1CCN(CC(C)CNc2cncc(C)n2)CC1. The van der Waals surface area contributed by atoms with Crippen LogP contribution in [0.2, 0.25) is 0 Å². The van der Waals surface area contributed by atoms with Crippen molar-refractivity contribution in [2.45, 2.75) is 20.8 Å². The lowest BCUT2D eigenvalue weighted by Gasteiger charge is -2.35. The molecule has 5 nitrogen and oxygen atoms in total. The average Bonchev–Trinajstić information content (AvgIpc) is 2.46. The number of nitrogens with zero attached hydrogens (tertiary/aromatic N) is 4. The lowest BCUT2D eigenvalue weighted by atomic mass is 10.1. The normalized spacial score (nSPS) is 18.9. The number of hydrogen-bond acceptors (Lipinski definition) is 5. The highest BCUT2D eigenvalue weighted by atomic mass is 15.3. The van der Waals surface area contributed by atoms with Gasteiger partial charge < -0.3 is 15.1 Å². The first kappa shape index (κ1) is 15.2. The van der Waals surface area contributed by atoms with Crippen molar-refractivity contribution in [3.63, 3.8) is 0 Å². The molecule has 1 aliphatic rings. The van der Waals surface area contributed by atoms with Gasteiger partial charge in [0.1, 0.15) is 5.82 Å². The second-order valence-corrected chi connectivity index (χ2v) is 5.77. The standard InChI is InChI=1S/C15H27N5/c1-4-19-5-7-20(8-6-19)12-13(2)9-17-15-11-16-10-14(3)18-15/h10-11,13H,4-9,12H2,1-3H3,(H,17,18). The molecule has 2 rings (SSSR count). The molecule has 112 valence electrons. The molecule has 1 fully saturated rings. The van der Waals surface area contributed by atoms with E-state index in [1.165, 1.54) is 32.7 Å². The lowest BCUT2D eigenvalue weighted by molar-refractivity contribution is 0.126. The van der Waals surface area contributed by atoms with Crippen LogP contribution in [-0.2, 0) is 0 Å². The maximum Gasteiger partial charge on any atom is 0.144 e. The zero-order valence-electron chi connectivity index (χ0n) is 13.0. The predicted molar refractivity (Wildman–Crippen MR) is 83.0 cm³/mol. The summed E-state index contributed by atoms with van der Waals surface area (Å²) in [7, 11) is 0. The van der Waals surface area contributed by atoms with Gasteiger partial charge in [0.25, 0.3) is 0 Å². The van der Waals surface area contributed by atoms with E-state index in [-0.39, 0.29) is 0 Å². The Hall–Kier alpha value is -1.20. The van der Waals surface area contributed by atoms with Gasteiger partial charge in [-0.1, -0.05) is 13.8 Å². The van der Waals surface area contributed by atoms with Gasteiger partial charge in [0, 0.05) is 45.5 Å². The highest BCUT2D eigenvalue weighted by Crippen LogP contribution is 2.07. The van der Waals surface area contributed by atoms with Crippen LogP contribution in [0, 0.1) is 12.8 Å². The number of anilines is 1. The summed E-state index contributed by atoms with van der Waals surface area (Å²) < 4.78 is 0. The Bertz CT molecular complexity index is 401. The molecule has 20 heavy (non-hydrogen) atoms. The molecule has 1 atom stereocenters. The molecule has 0 aliphatic carbocycles. The number of hydrogen-bond donors (Lipinski definition) is 1. The third kappa shape index (κ3) is 4.72. The number of aromatic nitrogens is 2. The molecule has 0 spiro atoms. The summed E-state index contributed by atoms with van der Waals surface area (Å²) in [5.41, 5.74) is 0.957. The molecule has 1 unspecified atom stereocenters. The fourth-order valence-electron chi connectivity index (χ4n) is 2.62. The molecular weight excluding hydrogens is 250 g/mol. The van der Waals surface area contributed by atoms with Crippen molar-refractivity contribution in [2.24, 2.45) is 5.92 Å². The van der Waals surface area contributed by atoms with Gasteiger partial charge in [0.15, 0.2) is 0 Å². The fraction of sp³-hybridized carbons (Fsp3) is 0.733. The van der Waals surface area contributed by atoms with Crippen LogP contribution in [0.1, 0.15) is 19.5 Å². The van der Waals surface area contributed by atoms with Crippen molar-refractivity contribution in [1.29, 1.82) is 0 Å². The largest absolute Gasteiger partial charge is 0.368 e. The van der Waals surface area contributed by atoms with Crippen LogP contribution in [0.3, 0.4) is 0 Å². The highest BCUT2D eigenvalue weighted by Gasteiger charge is 2.17. The number of piperazine rings is 1. The van der Waals surface area contributed by atoms with Crippen LogP contribution < -0.4 is 5.32 Å². The van der Waals surface area contributed by atoms with E-state index in [0.717, 1.165) is 24.6 Å².